The fourth-order valence-corrected chi connectivity index (χ4v) is 7.92. The molecule has 1 aromatic rings. The molecule has 0 aromatic heterocycles. The van der Waals surface area contributed by atoms with Crippen molar-refractivity contribution in [1.82, 2.24) is 15.7 Å². The van der Waals surface area contributed by atoms with Crippen molar-refractivity contribution in [1.29, 1.82) is 0 Å². The van der Waals surface area contributed by atoms with E-state index in [1.54, 1.807) is 6.08 Å². The normalized spacial score (nSPS) is 29.0. The van der Waals surface area contributed by atoms with Crippen LogP contribution in [0.4, 0.5) is 0 Å². The minimum absolute atomic E-state index is 0.0578. The minimum Gasteiger partial charge on any atom is -0.499 e. The summed E-state index contributed by atoms with van der Waals surface area (Å²) < 4.78 is 25.2. The van der Waals surface area contributed by atoms with Gasteiger partial charge in [-0.05, 0) is 37.0 Å². The lowest BCUT2D eigenvalue weighted by Crippen LogP contribution is -2.71. The molecule has 14 heteroatoms. The van der Waals surface area contributed by atoms with Gasteiger partial charge in [0, 0.05) is 25.8 Å². The average Bonchev–Trinajstić information content (AvgIpc) is 3.67. The van der Waals surface area contributed by atoms with Gasteiger partial charge in [-0.1, -0.05) is 63.8 Å². The van der Waals surface area contributed by atoms with Crippen LogP contribution in [0, 0.1) is 5.41 Å². The summed E-state index contributed by atoms with van der Waals surface area (Å²) in [7, 11) is 0. The summed E-state index contributed by atoms with van der Waals surface area (Å²) >= 11 is 0. The maximum absolute atomic E-state index is 14.8. The zero-order valence-electron chi connectivity index (χ0n) is 30.0. The molecule has 1 saturated carbocycles. The molecule has 4 fully saturated rings. The number of fused-ring (bicyclic) bond motifs is 4. The van der Waals surface area contributed by atoms with E-state index in [2.05, 4.69) is 24.5 Å². The largest absolute Gasteiger partial charge is 0.499 e. The molecule has 0 radical (unpaired) electrons. The number of aliphatic hydroxyl groups excluding tert-OH is 3. The number of hydrogen-bond donors (Lipinski definition) is 5. The maximum atomic E-state index is 14.8. The Kier molecular flexibility index (Phi) is 13.5. The predicted octanol–water partition coefficient (Wildman–Crippen LogP) is 2.08. The second-order valence-corrected chi connectivity index (χ2v) is 14.0. The van der Waals surface area contributed by atoms with Gasteiger partial charge in [0.1, 0.15) is 42.5 Å². The van der Waals surface area contributed by atoms with Crippen molar-refractivity contribution in [3.8, 4) is 0 Å². The van der Waals surface area contributed by atoms with E-state index in [1.165, 1.54) is 18.2 Å². The Morgan fingerprint density at radius 3 is 2.43 bits per heavy atom. The first-order chi connectivity index (χ1) is 24.6. The van der Waals surface area contributed by atoms with Gasteiger partial charge < -0.3 is 44.9 Å². The van der Waals surface area contributed by atoms with Crippen LogP contribution < -0.4 is 10.6 Å². The Balaban J connectivity index is 1.53. The van der Waals surface area contributed by atoms with E-state index in [4.69, 9.17) is 28.9 Å². The Bertz CT molecular complexity index is 1360. The third-order valence-corrected chi connectivity index (χ3v) is 10.4. The quantitative estimate of drug-likeness (QED) is 0.0753. The maximum Gasteiger partial charge on any atom is 0.327 e. The topological polar surface area (TPSA) is 185 Å². The average molecular weight is 718 g/mol. The summed E-state index contributed by atoms with van der Waals surface area (Å²) in [6.07, 6.45) is 5.83. The minimum atomic E-state index is -1.56. The second-order valence-electron chi connectivity index (χ2n) is 14.0. The summed E-state index contributed by atoms with van der Waals surface area (Å²) in [6.45, 7) is 5.36. The predicted molar refractivity (Wildman–Crippen MR) is 184 cm³/mol. The molecule has 5 rings (SSSR count). The summed E-state index contributed by atoms with van der Waals surface area (Å²) in [6, 6.07) is 4.88. The molecule has 2 amide bonds. The molecule has 284 valence electrons. The molecule has 3 saturated heterocycles. The van der Waals surface area contributed by atoms with E-state index in [0.717, 1.165) is 49.7 Å². The van der Waals surface area contributed by atoms with Crippen molar-refractivity contribution in [2.24, 2.45) is 5.41 Å². The highest BCUT2D eigenvalue weighted by molar-refractivity contribution is 5.96. The van der Waals surface area contributed by atoms with Crippen molar-refractivity contribution in [3.05, 3.63) is 41.7 Å². The molecule has 0 spiro atoms. The molecule has 1 aromatic carbocycles. The third kappa shape index (κ3) is 8.27. The number of benzene rings is 1. The number of ether oxygens (including phenoxy) is 4. The third-order valence-electron chi connectivity index (χ3n) is 10.4. The number of esters is 1. The summed E-state index contributed by atoms with van der Waals surface area (Å²) in [5.41, 5.74) is -0.0231. The summed E-state index contributed by atoms with van der Waals surface area (Å²) in [4.78, 5) is 48.7. The van der Waals surface area contributed by atoms with E-state index >= 15 is 0 Å². The van der Waals surface area contributed by atoms with Crippen LogP contribution in [0.1, 0.15) is 89.7 Å². The number of carbonyl (C=O) groups is 3. The van der Waals surface area contributed by atoms with Crippen LogP contribution in [0.3, 0.4) is 0 Å². The van der Waals surface area contributed by atoms with Gasteiger partial charge in [0.25, 0.3) is 0 Å². The Morgan fingerprint density at radius 2 is 1.76 bits per heavy atom. The zero-order chi connectivity index (χ0) is 36.6. The summed E-state index contributed by atoms with van der Waals surface area (Å²) in [5, 5.41) is 35.7. The van der Waals surface area contributed by atoms with E-state index in [9.17, 15) is 24.6 Å². The van der Waals surface area contributed by atoms with Gasteiger partial charge in [-0.2, -0.15) is 5.06 Å². The van der Waals surface area contributed by atoms with Crippen LogP contribution in [0.15, 0.2) is 30.5 Å². The van der Waals surface area contributed by atoms with Crippen LogP contribution in [0.25, 0.3) is 6.08 Å². The standard InChI is InChI=1S/C37H55N3O11/c1-4-6-10-15-36(16-11-7-5-2)49-29-27-22-37(35(46)39-28(24(3)43)33(44)38-17-18-41)31(34(45)48-27)40(51-32(37)30(29)50-36)23-26-13-9-8-12-25(26)14-20-47-21-19-42/h8-9,12-14,20,24,27-32,41-43H,4-7,10-11,15-19,21-23H2,1-3H3,(H,38,44)(H,39,46)/t24-,27+,28+,29-,30-,31-,32+,37-/m0/s1. The van der Waals surface area contributed by atoms with Crippen molar-refractivity contribution in [2.45, 2.75) is 133 Å². The Labute approximate surface area is 299 Å². The highest BCUT2D eigenvalue weighted by Gasteiger charge is 2.76. The molecule has 14 nitrogen and oxygen atoms in total. The van der Waals surface area contributed by atoms with Crippen molar-refractivity contribution >= 4 is 23.9 Å². The van der Waals surface area contributed by atoms with Gasteiger partial charge in [-0.15, -0.1) is 0 Å². The lowest BCUT2D eigenvalue weighted by atomic mass is 9.62. The molecule has 4 aliphatic rings. The van der Waals surface area contributed by atoms with E-state index < -0.39 is 71.6 Å². The number of rotatable bonds is 20. The zero-order valence-corrected chi connectivity index (χ0v) is 30.0. The Hall–Kier alpha value is -3.11. The fraction of sp³-hybridized carbons (Fsp3) is 0.703. The second kappa shape index (κ2) is 17.6. The van der Waals surface area contributed by atoms with Crippen LogP contribution in [-0.2, 0) is 44.7 Å². The molecule has 5 N–H and O–H groups in total. The molecule has 51 heavy (non-hydrogen) atoms. The smallest absolute Gasteiger partial charge is 0.327 e. The molecule has 0 unspecified atom stereocenters. The molecule has 3 heterocycles. The number of unbranched alkanes of at least 4 members (excludes halogenated alkanes) is 4. The number of nitrogens with zero attached hydrogens (tertiary/aromatic N) is 1. The van der Waals surface area contributed by atoms with Gasteiger partial charge in [0.2, 0.25) is 11.8 Å². The van der Waals surface area contributed by atoms with E-state index in [0.29, 0.717) is 12.8 Å². The molecule has 1 aliphatic carbocycles. The van der Waals surface area contributed by atoms with E-state index in [-0.39, 0.29) is 39.3 Å². The van der Waals surface area contributed by atoms with E-state index in [1.807, 2.05) is 24.3 Å². The number of hydrogen-bond acceptors (Lipinski definition) is 12. The highest BCUT2D eigenvalue weighted by atomic mass is 16.8. The number of nitrogens with one attached hydrogen (secondary N) is 2. The molecule has 8 atom stereocenters. The van der Waals surface area contributed by atoms with Crippen LogP contribution in [0.2, 0.25) is 0 Å². The Morgan fingerprint density at radius 1 is 1.06 bits per heavy atom. The monoisotopic (exact) mass is 717 g/mol. The first-order valence-electron chi connectivity index (χ1n) is 18.5. The van der Waals surface area contributed by atoms with Gasteiger partial charge in [0.05, 0.1) is 32.1 Å². The number of hydroxylamine groups is 2. The lowest BCUT2D eigenvalue weighted by molar-refractivity contribution is -0.224. The number of amides is 2. The van der Waals surface area contributed by atoms with Gasteiger partial charge >= 0.3 is 5.97 Å². The first-order valence-corrected chi connectivity index (χ1v) is 18.5. The van der Waals surface area contributed by atoms with Crippen LogP contribution in [0.5, 0.6) is 0 Å². The van der Waals surface area contributed by atoms with Crippen LogP contribution in [-0.4, -0.2) is 113 Å². The number of carbonyl (C=O) groups excluding carboxylic acids is 3. The molecular weight excluding hydrogens is 662 g/mol. The lowest BCUT2D eigenvalue weighted by Gasteiger charge is -2.49. The van der Waals surface area contributed by atoms with Gasteiger partial charge in [0.15, 0.2) is 11.8 Å². The van der Waals surface area contributed by atoms with Crippen molar-refractivity contribution in [3.63, 3.8) is 0 Å². The van der Waals surface area contributed by atoms with Crippen molar-refractivity contribution < 1.29 is 53.5 Å². The summed E-state index contributed by atoms with van der Waals surface area (Å²) in [5.74, 6) is -2.91. The van der Waals surface area contributed by atoms with Gasteiger partial charge in [-0.25, -0.2) is 0 Å². The van der Waals surface area contributed by atoms with Crippen molar-refractivity contribution in [2.75, 3.05) is 26.4 Å². The number of aliphatic hydroxyl groups is 3. The van der Waals surface area contributed by atoms with Crippen LogP contribution >= 0.6 is 0 Å². The molecule has 3 aliphatic heterocycles. The fourth-order valence-electron chi connectivity index (χ4n) is 7.92. The van der Waals surface area contributed by atoms with Gasteiger partial charge in [-0.3, -0.25) is 19.2 Å². The first kappa shape index (κ1) is 39.1. The highest BCUT2D eigenvalue weighted by Crippen LogP contribution is 2.58. The molecular formula is C37H55N3O11. The molecule has 2 bridgehead atoms. The SMILES string of the molecule is CCCCCC1(CCCCC)O[C@@H]2[C@H](O1)[C@H]1ON(Cc3ccccc3C=COCCO)[C@H]3C(=O)O[C@@H]2C[C@@]13C(=O)N[C@@H](C(=O)NCCO)[C@H](C)O.